The van der Waals surface area contributed by atoms with Crippen molar-refractivity contribution in [2.45, 2.75) is 45.6 Å². The monoisotopic (exact) mass is 418 g/mol. The van der Waals surface area contributed by atoms with Crippen molar-refractivity contribution in [3.63, 3.8) is 0 Å². The van der Waals surface area contributed by atoms with E-state index in [0.717, 1.165) is 0 Å². The minimum atomic E-state index is -0.970. The van der Waals surface area contributed by atoms with Gasteiger partial charge >= 0.3 is 18.0 Å². The average molecular weight is 418 g/mol. The zero-order valence-corrected chi connectivity index (χ0v) is 17.5. The lowest BCUT2D eigenvalue weighted by Crippen LogP contribution is -2.32. The summed E-state index contributed by atoms with van der Waals surface area (Å²) in [5.74, 6) is 3.56. The molecule has 0 aliphatic carbocycles. The van der Waals surface area contributed by atoms with E-state index in [9.17, 15) is 19.2 Å². The number of carbonyl (C=O) groups is 4. The van der Waals surface area contributed by atoms with Crippen LogP contribution in [-0.4, -0.2) is 48.3 Å². The number of ether oxygens (including phenoxy) is 2. The minimum Gasteiger partial charge on any atom is -0.481 e. The Morgan fingerprint density at radius 3 is 2.43 bits per heavy atom. The molecular weight excluding hydrogens is 392 g/mol. The fraction of sp³-hybridized carbons (Fsp3) is 0.429. The molecule has 0 bridgehead atoms. The largest absolute Gasteiger partial charge is 0.481 e. The number of carboxylic acid groups (broad SMARTS) is 1. The van der Waals surface area contributed by atoms with Gasteiger partial charge in [0, 0.05) is 24.1 Å². The van der Waals surface area contributed by atoms with E-state index in [1.165, 1.54) is 25.3 Å². The van der Waals surface area contributed by atoms with Crippen molar-refractivity contribution in [3.8, 4) is 11.8 Å². The molecule has 0 saturated heterocycles. The first kappa shape index (κ1) is 24.5. The SMILES string of the molecule is COC(=O)c1ccc(NC(=O)CCCC(=O)O)cc1C#CCNC(=O)OC(C)(C)C. The Morgan fingerprint density at radius 2 is 1.83 bits per heavy atom. The molecule has 0 aliphatic heterocycles. The molecule has 0 atom stereocenters. The summed E-state index contributed by atoms with van der Waals surface area (Å²) >= 11 is 0. The maximum absolute atomic E-state index is 11.9. The molecule has 0 aliphatic rings. The molecule has 0 aromatic heterocycles. The summed E-state index contributed by atoms with van der Waals surface area (Å²) in [6.45, 7) is 5.20. The van der Waals surface area contributed by atoms with Gasteiger partial charge in [0.05, 0.1) is 19.2 Å². The molecule has 0 spiro atoms. The molecule has 0 radical (unpaired) electrons. The molecule has 1 aromatic rings. The molecule has 30 heavy (non-hydrogen) atoms. The summed E-state index contributed by atoms with van der Waals surface area (Å²) < 4.78 is 9.84. The molecular formula is C21H26N2O7. The van der Waals surface area contributed by atoms with Crippen LogP contribution in [0.3, 0.4) is 0 Å². The van der Waals surface area contributed by atoms with Gasteiger partial charge in [-0.05, 0) is 45.4 Å². The summed E-state index contributed by atoms with van der Waals surface area (Å²) in [7, 11) is 1.24. The van der Waals surface area contributed by atoms with Crippen molar-refractivity contribution in [1.29, 1.82) is 0 Å². The number of carboxylic acids is 1. The highest BCUT2D eigenvalue weighted by Gasteiger charge is 2.15. The van der Waals surface area contributed by atoms with E-state index >= 15 is 0 Å². The molecule has 9 heteroatoms. The van der Waals surface area contributed by atoms with E-state index < -0.39 is 23.6 Å². The lowest BCUT2D eigenvalue weighted by atomic mass is 10.1. The standard InChI is InChI=1S/C21H26N2O7/c1-21(2,3)30-20(28)22-12-6-7-14-13-15(10-11-16(14)19(27)29-4)23-17(24)8-5-9-18(25)26/h10-11,13H,5,8-9,12H2,1-4H3,(H,22,28)(H,23,24)(H,25,26). The van der Waals surface area contributed by atoms with Crippen LogP contribution < -0.4 is 10.6 Å². The van der Waals surface area contributed by atoms with Crippen LogP contribution in [0, 0.1) is 11.8 Å². The highest BCUT2D eigenvalue weighted by atomic mass is 16.6. The molecule has 0 fully saturated rings. The van der Waals surface area contributed by atoms with Crippen LogP contribution in [-0.2, 0) is 19.1 Å². The molecule has 1 aromatic carbocycles. The summed E-state index contributed by atoms with van der Waals surface area (Å²) in [5.41, 5.74) is 0.265. The summed E-state index contributed by atoms with van der Waals surface area (Å²) in [6, 6.07) is 4.48. The number of amides is 2. The number of benzene rings is 1. The van der Waals surface area contributed by atoms with E-state index in [0.29, 0.717) is 11.3 Å². The Bertz CT molecular complexity index is 860. The molecule has 2 amide bonds. The van der Waals surface area contributed by atoms with Gasteiger partial charge in [0.15, 0.2) is 0 Å². The zero-order chi connectivity index (χ0) is 22.7. The number of methoxy groups -OCH3 is 1. The summed E-state index contributed by atoms with van der Waals surface area (Å²) in [6.07, 6.45) is -0.459. The maximum atomic E-state index is 11.9. The maximum Gasteiger partial charge on any atom is 0.408 e. The Labute approximate surface area is 175 Å². The number of rotatable bonds is 7. The first-order valence-corrected chi connectivity index (χ1v) is 9.21. The first-order valence-electron chi connectivity index (χ1n) is 9.21. The smallest absolute Gasteiger partial charge is 0.408 e. The van der Waals surface area contributed by atoms with Crippen LogP contribution in [0.4, 0.5) is 10.5 Å². The molecule has 162 valence electrons. The third-order valence-corrected chi connectivity index (χ3v) is 3.45. The van der Waals surface area contributed by atoms with Gasteiger partial charge in [-0.15, -0.1) is 0 Å². The van der Waals surface area contributed by atoms with E-state index in [1.54, 1.807) is 20.8 Å². The molecule has 9 nitrogen and oxygen atoms in total. The number of anilines is 1. The third-order valence-electron chi connectivity index (χ3n) is 3.45. The number of carbonyl (C=O) groups excluding carboxylic acids is 3. The zero-order valence-electron chi connectivity index (χ0n) is 17.5. The Morgan fingerprint density at radius 1 is 1.13 bits per heavy atom. The van der Waals surface area contributed by atoms with E-state index in [-0.39, 0.29) is 37.3 Å². The number of hydrogen-bond donors (Lipinski definition) is 3. The quantitative estimate of drug-likeness (QED) is 0.458. The third kappa shape index (κ3) is 9.59. The molecule has 0 heterocycles. The lowest BCUT2D eigenvalue weighted by Gasteiger charge is -2.19. The number of alkyl carbamates (subject to hydrolysis) is 1. The summed E-state index contributed by atoms with van der Waals surface area (Å²) in [5, 5.41) is 13.7. The van der Waals surface area contributed by atoms with Gasteiger partial charge < -0.3 is 25.2 Å². The molecule has 3 N–H and O–H groups in total. The van der Waals surface area contributed by atoms with Gasteiger partial charge in [-0.1, -0.05) is 11.8 Å². The number of hydrogen-bond acceptors (Lipinski definition) is 6. The Balaban J connectivity index is 2.86. The average Bonchev–Trinajstić information content (AvgIpc) is 2.63. The van der Waals surface area contributed by atoms with Crippen molar-refractivity contribution < 1.29 is 33.8 Å². The van der Waals surface area contributed by atoms with Gasteiger partial charge in [-0.3, -0.25) is 9.59 Å². The number of esters is 1. The predicted octanol–water partition coefficient (Wildman–Crippen LogP) is 2.54. The van der Waals surface area contributed by atoms with Crippen LogP contribution in [0.2, 0.25) is 0 Å². The Hall–Kier alpha value is -3.54. The molecule has 0 saturated carbocycles. The van der Waals surface area contributed by atoms with Crippen LogP contribution in [0.25, 0.3) is 0 Å². The number of nitrogens with one attached hydrogen (secondary N) is 2. The van der Waals surface area contributed by atoms with Crippen LogP contribution in [0.1, 0.15) is 56.0 Å². The highest BCUT2D eigenvalue weighted by Crippen LogP contribution is 2.17. The van der Waals surface area contributed by atoms with Crippen molar-refractivity contribution in [2.75, 3.05) is 19.0 Å². The molecule has 1 rings (SSSR count). The van der Waals surface area contributed by atoms with Crippen molar-refractivity contribution >= 4 is 29.6 Å². The van der Waals surface area contributed by atoms with Crippen molar-refractivity contribution in [2.24, 2.45) is 0 Å². The lowest BCUT2D eigenvalue weighted by molar-refractivity contribution is -0.137. The topological polar surface area (TPSA) is 131 Å². The van der Waals surface area contributed by atoms with Crippen molar-refractivity contribution in [3.05, 3.63) is 29.3 Å². The highest BCUT2D eigenvalue weighted by molar-refractivity contribution is 5.95. The number of aliphatic carboxylic acids is 1. The van der Waals surface area contributed by atoms with Gasteiger partial charge in [0.2, 0.25) is 5.91 Å². The van der Waals surface area contributed by atoms with E-state index in [2.05, 4.69) is 22.5 Å². The second kappa shape index (κ2) is 11.5. The van der Waals surface area contributed by atoms with Crippen LogP contribution in [0.5, 0.6) is 0 Å². The molecule has 0 unspecified atom stereocenters. The van der Waals surface area contributed by atoms with E-state index in [1.807, 2.05) is 0 Å². The first-order chi connectivity index (χ1) is 14.0. The second-order valence-corrected chi connectivity index (χ2v) is 7.20. The summed E-state index contributed by atoms with van der Waals surface area (Å²) in [4.78, 5) is 46.0. The van der Waals surface area contributed by atoms with Gasteiger partial charge in [0.25, 0.3) is 0 Å². The fourth-order valence-electron chi connectivity index (χ4n) is 2.21. The van der Waals surface area contributed by atoms with Gasteiger partial charge in [-0.2, -0.15) is 0 Å². The van der Waals surface area contributed by atoms with Gasteiger partial charge in [0.1, 0.15) is 5.60 Å². The van der Waals surface area contributed by atoms with Crippen LogP contribution in [0.15, 0.2) is 18.2 Å². The Kier molecular flexibility index (Phi) is 9.36. The van der Waals surface area contributed by atoms with Gasteiger partial charge in [-0.25, -0.2) is 9.59 Å². The van der Waals surface area contributed by atoms with Crippen molar-refractivity contribution in [1.82, 2.24) is 5.32 Å². The fourth-order valence-corrected chi connectivity index (χ4v) is 2.21. The minimum absolute atomic E-state index is 0.0126. The van der Waals surface area contributed by atoms with Crippen LogP contribution >= 0.6 is 0 Å². The van der Waals surface area contributed by atoms with E-state index in [4.69, 9.17) is 14.6 Å². The second-order valence-electron chi connectivity index (χ2n) is 7.20. The predicted molar refractivity (Wildman–Crippen MR) is 109 cm³/mol. The normalized spacial score (nSPS) is 10.3.